The van der Waals surface area contributed by atoms with Gasteiger partial charge in [0.05, 0.1) is 0 Å². The van der Waals surface area contributed by atoms with Gasteiger partial charge in [-0.2, -0.15) is 0 Å². The van der Waals surface area contributed by atoms with Crippen molar-refractivity contribution in [3.8, 4) is 0 Å². The topological polar surface area (TPSA) is 12.0 Å². The maximum atomic E-state index is 3.43. The molecule has 0 saturated carbocycles. The van der Waals surface area contributed by atoms with E-state index in [2.05, 4.69) is 45.2 Å². The van der Waals surface area contributed by atoms with Crippen molar-refractivity contribution in [2.24, 2.45) is 11.8 Å². The molecule has 0 saturated heterocycles. The van der Waals surface area contributed by atoms with E-state index < -0.39 is 0 Å². The SMILES string of the molecule is CC(C)CCC=CCCNCC(C)C. The van der Waals surface area contributed by atoms with Crippen LogP contribution in [-0.2, 0) is 0 Å². The molecule has 0 aromatic carbocycles. The van der Waals surface area contributed by atoms with Gasteiger partial charge in [0, 0.05) is 0 Å². The predicted molar refractivity (Wildman–Crippen MR) is 65.5 cm³/mol. The lowest BCUT2D eigenvalue weighted by Crippen LogP contribution is -2.20. The van der Waals surface area contributed by atoms with Crippen LogP contribution in [0.15, 0.2) is 12.2 Å². The highest BCUT2D eigenvalue weighted by Gasteiger charge is 1.91. The van der Waals surface area contributed by atoms with Crippen LogP contribution in [0.4, 0.5) is 0 Å². The number of hydrogen-bond donors (Lipinski definition) is 1. The van der Waals surface area contributed by atoms with Crippen molar-refractivity contribution in [3.05, 3.63) is 12.2 Å². The van der Waals surface area contributed by atoms with E-state index >= 15 is 0 Å². The lowest BCUT2D eigenvalue weighted by molar-refractivity contribution is 0.556. The molecule has 0 rings (SSSR count). The fourth-order valence-corrected chi connectivity index (χ4v) is 1.24. The minimum atomic E-state index is 0.764. The third-order valence-corrected chi connectivity index (χ3v) is 2.12. The van der Waals surface area contributed by atoms with E-state index in [0.717, 1.165) is 24.9 Å². The lowest BCUT2D eigenvalue weighted by Gasteiger charge is -2.04. The molecule has 0 atom stereocenters. The first-order valence-electron chi connectivity index (χ1n) is 5.98. The van der Waals surface area contributed by atoms with Gasteiger partial charge in [0.25, 0.3) is 0 Å². The fraction of sp³-hybridized carbons (Fsp3) is 0.846. The van der Waals surface area contributed by atoms with Gasteiger partial charge in [-0.15, -0.1) is 0 Å². The zero-order chi connectivity index (χ0) is 10.8. The Hall–Kier alpha value is -0.300. The van der Waals surface area contributed by atoms with Gasteiger partial charge in [0.15, 0.2) is 0 Å². The summed E-state index contributed by atoms with van der Waals surface area (Å²) >= 11 is 0. The number of rotatable bonds is 8. The number of hydrogen-bond acceptors (Lipinski definition) is 1. The van der Waals surface area contributed by atoms with Gasteiger partial charge in [-0.1, -0.05) is 39.8 Å². The van der Waals surface area contributed by atoms with E-state index in [1.807, 2.05) is 0 Å². The maximum Gasteiger partial charge on any atom is -0.00142 e. The summed E-state index contributed by atoms with van der Waals surface area (Å²) in [6, 6.07) is 0. The third kappa shape index (κ3) is 11.7. The summed E-state index contributed by atoms with van der Waals surface area (Å²) in [7, 11) is 0. The quantitative estimate of drug-likeness (QED) is 0.463. The summed E-state index contributed by atoms with van der Waals surface area (Å²) in [6.07, 6.45) is 8.34. The molecule has 0 aliphatic carbocycles. The second-order valence-corrected chi connectivity index (χ2v) is 4.83. The molecule has 1 nitrogen and oxygen atoms in total. The van der Waals surface area contributed by atoms with E-state index in [1.165, 1.54) is 19.3 Å². The van der Waals surface area contributed by atoms with E-state index in [4.69, 9.17) is 0 Å². The van der Waals surface area contributed by atoms with Crippen molar-refractivity contribution in [2.45, 2.75) is 47.0 Å². The molecule has 0 aliphatic rings. The van der Waals surface area contributed by atoms with Gasteiger partial charge in [0.2, 0.25) is 0 Å². The Morgan fingerprint density at radius 3 is 2.14 bits per heavy atom. The van der Waals surface area contributed by atoms with E-state index in [9.17, 15) is 0 Å². The molecule has 0 aliphatic heterocycles. The minimum Gasteiger partial charge on any atom is -0.316 e. The van der Waals surface area contributed by atoms with Crippen LogP contribution in [0.5, 0.6) is 0 Å². The fourth-order valence-electron chi connectivity index (χ4n) is 1.24. The van der Waals surface area contributed by atoms with Crippen LogP contribution >= 0.6 is 0 Å². The second kappa shape index (κ2) is 9.26. The maximum absolute atomic E-state index is 3.43. The van der Waals surface area contributed by atoms with Crippen LogP contribution in [0, 0.1) is 11.8 Å². The Kier molecular flexibility index (Phi) is 9.06. The molecule has 0 fully saturated rings. The Labute approximate surface area is 90.0 Å². The van der Waals surface area contributed by atoms with Gasteiger partial charge >= 0.3 is 0 Å². The van der Waals surface area contributed by atoms with Crippen molar-refractivity contribution >= 4 is 0 Å². The summed E-state index contributed by atoms with van der Waals surface area (Å²) in [5, 5.41) is 3.43. The van der Waals surface area contributed by atoms with E-state index in [1.54, 1.807) is 0 Å². The van der Waals surface area contributed by atoms with Gasteiger partial charge < -0.3 is 5.32 Å². The van der Waals surface area contributed by atoms with Crippen LogP contribution in [0.25, 0.3) is 0 Å². The summed E-state index contributed by atoms with van der Waals surface area (Å²) in [5.41, 5.74) is 0. The minimum absolute atomic E-state index is 0.764. The molecule has 0 amide bonds. The zero-order valence-corrected chi connectivity index (χ0v) is 10.3. The Balaban J connectivity index is 3.11. The molecule has 0 radical (unpaired) electrons. The predicted octanol–water partition coefficient (Wildman–Crippen LogP) is 3.61. The Morgan fingerprint density at radius 2 is 1.57 bits per heavy atom. The van der Waals surface area contributed by atoms with Crippen molar-refractivity contribution in [3.63, 3.8) is 0 Å². The highest BCUT2D eigenvalue weighted by atomic mass is 14.8. The van der Waals surface area contributed by atoms with E-state index in [-0.39, 0.29) is 0 Å². The molecule has 0 bridgehead atoms. The smallest absolute Gasteiger partial charge is 0.00142 e. The first kappa shape index (κ1) is 13.7. The summed E-state index contributed by atoms with van der Waals surface area (Å²) in [6.45, 7) is 11.3. The van der Waals surface area contributed by atoms with Crippen LogP contribution < -0.4 is 5.32 Å². The number of allylic oxidation sites excluding steroid dienone is 1. The highest BCUT2D eigenvalue weighted by molar-refractivity contribution is 4.82. The van der Waals surface area contributed by atoms with Crippen molar-refractivity contribution in [1.82, 2.24) is 5.32 Å². The first-order valence-corrected chi connectivity index (χ1v) is 5.98. The van der Waals surface area contributed by atoms with Crippen molar-refractivity contribution in [2.75, 3.05) is 13.1 Å². The van der Waals surface area contributed by atoms with Crippen LogP contribution in [0.1, 0.15) is 47.0 Å². The largest absolute Gasteiger partial charge is 0.316 e. The van der Waals surface area contributed by atoms with Crippen molar-refractivity contribution < 1.29 is 0 Å². The lowest BCUT2D eigenvalue weighted by atomic mass is 10.1. The monoisotopic (exact) mass is 197 g/mol. The summed E-state index contributed by atoms with van der Waals surface area (Å²) in [5.74, 6) is 1.60. The molecule has 0 aromatic rings. The highest BCUT2D eigenvalue weighted by Crippen LogP contribution is 2.03. The Bertz CT molecular complexity index is 136. The molecule has 0 heterocycles. The van der Waals surface area contributed by atoms with Gasteiger partial charge in [-0.25, -0.2) is 0 Å². The molecule has 1 heteroatoms. The van der Waals surface area contributed by atoms with Gasteiger partial charge in [-0.3, -0.25) is 0 Å². The molecular formula is C13H27N. The standard InChI is InChI=1S/C13H27N/c1-12(2)9-7-5-6-8-10-14-11-13(3)4/h5-6,12-14H,7-11H2,1-4H3. The van der Waals surface area contributed by atoms with Gasteiger partial charge in [-0.05, 0) is 44.2 Å². The molecule has 1 N–H and O–H groups in total. The van der Waals surface area contributed by atoms with Crippen LogP contribution in [-0.4, -0.2) is 13.1 Å². The zero-order valence-electron chi connectivity index (χ0n) is 10.3. The molecule has 14 heavy (non-hydrogen) atoms. The third-order valence-electron chi connectivity index (χ3n) is 2.12. The van der Waals surface area contributed by atoms with E-state index in [0.29, 0.717) is 0 Å². The van der Waals surface area contributed by atoms with Crippen molar-refractivity contribution in [1.29, 1.82) is 0 Å². The average Bonchev–Trinajstić information content (AvgIpc) is 2.08. The second-order valence-electron chi connectivity index (χ2n) is 4.83. The normalized spacial score (nSPS) is 12.1. The first-order chi connectivity index (χ1) is 6.63. The average molecular weight is 197 g/mol. The Morgan fingerprint density at radius 1 is 0.929 bits per heavy atom. The molecule has 0 spiro atoms. The molecule has 0 aromatic heterocycles. The van der Waals surface area contributed by atoms with Crippen LogP contribution in [0.2, 0.25) is 0 Å². The summed E-state index contributed by atoms with van der Waals surface area (Å²) < 4.78 is 0. The molecular weight excluding hydrogens is 170 g/mol. The van der Waals surface area contributed by atoms with Gasteiger partial charge in [0.1, 0.15) is 0 Å². The van der Waals surface area contributed by atoms with Crippen LogP contribution in [0.3, 0.4) is 0 Å². The molecule has 0 unspecified atom stereocenters. The summed E-state index contributed by atoms with van der Waals surface area (Å²) in [4.78, 5) is 0. The number of nitrogens with one attached hydrogen (secondary N) is 1. The molecule has 84 valence electrons.